The van der Waals surface area contributed by atoms with Crippen LogP contribution in [0.2, 0.25) is 0 Å². The van der Waals surface area contributed by atoms with E-state index < -0.39 is 0 Å². The van der Waals surface area contributed by atoms with E-state index in [0.29, 0.717) is 5.69 Å². The highest BCUT2D eigenvalue weighted by atomic mass is 32.2. The Balaban J connectivity index is 2.16. The molecule has 4 nitrogen and oxygen atoms in total. The lowest BCUT2D eigenvalue weighted by Crippen LogP contribution is -2.02. The van der Waals surface area contributed by atoms with Crippen molar-refractivity contribution in [3.8, 4) is 5.75 Å². The number of H-pyrrole nitrogens is 1. The molecule has 3 rings (SSSR count). The zero-order chi connectivity index (χ0) is 15.5. The fourth-order valence-electron chi connectivity index (χ4n) is 2.23. The minimum absolute atomic E-state index is 0.381. The molecule has 0 atom stereocenters. The first-order valence-corrected chi connectivity index (χ1v) is 7.55. The largest absolute Gasteiger partial charge is 0.497 e. The number of methoxy groups -OCH3 is 2. The molecule has 1 N–H and O–H groups in total. The Morgan fingerprint density at radius 1 is 1.09 bits per heavy atom. The molecule has 0 aliphatic heterocycles. The normalized spacial score (nSPS) is 10.6. The minimum atomic E-state index is -0.381. The molecule has 112 valence electrons. The van der Waals surface area contributed by atoms with Crippen LogP contribution >= 0.6 is 11.8 Å². The number of aromatic amines is 1. The van der Waals surface area contributed by atoms with E-state index in [2.05, 4.69) is 4.98 Å². The molecule has 1 heterocycles. The first kappa shape index (κ1) is 14.5. The third-order valence-electron chi connectivity index (χ3n) is 3.31. The molecule has 5 heteroatoms. The number of hydrogen-bond donors (Lipinski definition) is 1. The fourth-order valence-corrected chi connectivity index (χ4v) is 3.28. The molecule has 3 aromatic rings. The van der Waals surface area contributed by atoms with Crippen molar-refractivity contribution in [2.45, 2.75) is 9.79 Å². The van der Waals surface area contributed by atoms with Gasteiger partial charge in [-0.25, -0.2) is 4.79 Å². The summed E-state index contributed by atoms with van der Waals surface area (Å²) in [5.74, 6) is 0.367. The molecule has 0 radical (unpaired) electrons. The number of benzene rings is 2. The molecule has 0 fully saturated rings. The van der Waals surface area contributed by atoms with E-state index in [1.165, 1.54) is 18.9 Å². The number of rotatable bonds is 4. The Bertz CT molecular complexity index is 811. The molecule has 1 aromatic heterocycles. The molecule has 0 spiro atoms. The van der Waals surface area contributed by atoms with Crippen LogP contribution in [0.5, 0.6) is 5.75 Å². The lowest BCUT2D eigenvalue weighted by molar-refractivity contribution is 0.0591. The SMILES string of the molecule is COC(=O)c1[nH]c2ccc(OC)cc2c1Sc1ccccc1. The van der Waals surface area contributed by atoms with Gasteiger partial charge in [0, 0.05) is 15.8 Å². The average molecular weight is 313 g/mol. The highest BCUT2D eigenvalue weighted by Crippen LogP contribution is 2.38. The molecule has 22 heavy (non-hydrogen) atoms. The maximum atomic E-state index is 12.1. The Kier molecular flexibility index (Phi) is 4.06. The zero-order valence-corrected chi connectivity index (χ0v) is 13.1. The number of carbonyl (C=O) groups is 1. The first-order valence-electron chi connectivity index (χ1n) is 6.74. The number of hydrogen-bond acceptors (Lipinski definition) is 4. The highest BCUT2D eigenvalue weighted by molar-refractivity contribution is 7.99. The summed E-state index contributed by atoms with van der Waals surface area (Å²) in [5.41, 5.74) is 1.33. The quantitative estimate of drug-likeness (QED) is 0.736. The van der Waals surface area contributed by atoms with Crippen LogP contribution < -0.4 is 4.74 Å². The summed E-state index contributed by atoms with van der Waals surface area (Å²) in [4.78, 5) is 17.1. The van der Waals surface area contributed by atoms with Crippen molar-refractivity contribution in [1.29, 1.82) is 0 Å². The number of carbonyl (C=O) groups excluding carboxylic acids is 1. The van der Waals surface area contributed by atoms with Gasteiger partial charge in [-0.05, 0) is 30.3 Å². The van der Waals surface area contributed by atoms with Crippen LogP contribution in [0.4, 0.5) is 0 Å². The second-order valence-electron chi connectivity index (χ2n) is 4.65. The van der Waals surface area contributed by atoms with Gasteiger partial charge in [0.25, 0.3) is 0 Å². The monoisotopic (exact) mass is 313 g/mol. The van der Waals surface area contributed by atoms with E-state index >= 15 is 0 Å². The van der Waals surface area contributed by atoms with Crippen LogP contribution in [0.15, 0.2) is 58.3 Å². The Hall–Kier alpha value is -2.40. The topological polar surface area (TPSA) is 51.3 Å². The Labute approximate surface area is 132 Å². The molecular formula is C17H15NO3S. The van der Waals surface area contributed by atoms with Gasteiger partial charge in [-0.15, -0.1) is 0 Å². The summed E-state index contributed by atoms with van der Waals surface area (Å²) in [7, 11) is 3.00. The highest BCUT2D eigenvalue weighted by Gasteiger charge is 2.19. The number of nitrogens with one attached hydrogen (secondary N) is 1. The predicted molar refractivity (Wildman–Crippen MR) is 86.8 cm³/mol. The molecule has 0 unspecified atom stereocenters. The van der Waals surface area contributed by atoms with Gasteiger partial charge in [0.05, 0.1) is 19.1 Å². The van der Waals surface area contributed by atoms with E-state index in [-0.39, 0.29) is 5.97 Å². The molecule has 2 aromatic carbocycles. The first-order chi connectivity index (χ1) is 10.7. The van der Waals surface area contributed by atoms with Gasteiger partial charge in [0.2, 0.25) is 0 Å². The van der Waals surface area contributed by atoms with Crippen molar-refractivity contribution in [1.82, 2.24) is 4.98 Å². The molecule has 0 amide bonds. The maximum absolute atomic E-state index is 12.1. The van der Waals surface area contributed by atoms with Crippen LogP contribution in [0, 0.1) is 0 Å². The van der Waals surface area contributed by atoms with Gasteiger partial charge in [-0.1, -0.05) is 30.0 Å². The van der Waals surface area contributed by atoms with Gasteiger partial charge < -0.3 is 14.5 Å². The lowest BCUT2D eigenvalue weighted by atomic mass is 10.2. The van der Waals surface area contributed by atoms with Gasteiger partial charge in [-0.3, -0.25) is 0 Å². The van der Waals surface area contributed by atoms with Crippen molar-refractivity contribution in [2.75, 3.05) is 14.2 Å². The smallest absolute Gasteiger partial charge is 0.355 e. The Morgan fingerprint density at radius 2 is 1.86 bits per heavy atom. The van der Waals surface area contributed by atoms with Crippen molar-refractivity contribution in [3.05, 3.63) is 54.2 Å². The van der Waals surface area contributed by atoms with Gasteiger partial charge in [-0.2, -0.15) is 0 Å². The van der Waals surface area contributed by atoms with Gasteiger partial charge in [0.1, 0.15) is 11.4 Å². The summed E-state index contributed by atoms with van der Waals surface area (Å²) in [6.07, 6.45) is 0. The third-order valence-corrected chi connectivity index (χ3v) is 4.45. The van der Waals surface area contributed by atoms with Crippen LogP contribution in [-0.2, 0) is 4.74 Å². The summed E-state index contributed by atoms with van der Waals surface area (Å²) in [6, 6.07) is 15.6. The van der Waals surface area contributed by atoms with Crippen LogP contribution in [0.1, 0.15) is 10.5 Å². The fraction of sp³-hybridized carbons (Fsp3) is 0.118. The minimum Gasteiger partial charge on any atom is -0.497 e. The third kappa shape index (κ3) is 2.67. The summed E-state index contributed by atoms with van der Waals surface area (Å²) in [6.45, 7) is 0. The zero-order valence-electron chi connectivity index (χ0n) is 12.3. The van der Waals surface area contributed by atoms with Crippen molar-refractivity contribution in [3.63, 3.8) is 0 Å². The summed E-state index contributed by atoms with van der Waals surface area (Å²) in [5, 5.41) is 0.939. The maximum Gasteiger partial charge on any atom is 0.355 e. The van der Waals surface area contributed by atoms with Crippen molar-refractivity contribution >= 4 is 28.6 Å². The van der Waals surface area contributed by atoms with E-state index in [4.69, 9.17) is 9.47 Å². The number of ether oxygens (including phenoxy) is 2. The number of fused-ring (bicyclic) bond motifs is 1. The molecule has 0 aliphatic carbocycles. The molecule has 0 saturated carbocycles. The second-order valence-corrected chi connectivity index (χ2v) is 5.73. The van der Waals surface area contributed by atoms with Crippen LogP contribution in [0.25, 0.3) is 10.9 Å². The van der Waals surface area contributed by atoms with E-state index in [0.717, 1.165) is 26.4 Å². The second kappa shape index (κ2) is 6.15. The van der Waals surface area contributed by atoms with Crippen LogP contribution in [0.3, 0.4) is 0 Å². The molecule has 0 aliphatic rings. The summed E-state index contributed by atoms with van der Waals surface area (Å²) < 4.78 is 10.2. The van der Waals surface area contributed by atoms with Gasteiger partial charge in [0.15, 0.2) is 0 Å². The molecule has 0 bridgehead atoms. The predicted octanol–water partition coefficient (Wildman–Crippen LogP) is 4.11. The van der Waals surface area contributed by atoms with E-state index in [1.807, 2.05) is 48.5 Å². The van der Waals surface area contributed by atoms with Crippen LogP contribution in [-0.4, -0.2) is 25.2 Å². The lowest BCUT2D eigenvalue weighted by Gasteiger charge is -2.04. The van der Waals surface area contributed by atoms with E-state index in [9.17, 15) is 4.79 Å². The van der Waals surface area contributed by atoms with Gasteiger partial charge >= 0.3 is 5.97 Å². The molecule has 0 saturated heterocycles. The van der Waals surface area contributed by atoms with Crippen molar-refractivity contribution < 1.29 is 14.3 Å². The Morgan fingerprint density at radius 3 is 2.55 bits per heavy atom. The number of aromatic nitrogens is 1. The molecular weight excluding hydrogens is 298 g/mol. The average Bonchev–Trinajstić information content (AvgIpc) is 2.93. The van der Waals surface area contributed by atoms with E-state index in [1.54, 1.807) is 7.11 Å². The number of esters is 1. The van der Waals surface area contributed by atoms with Crippen molar-refractivity contribution in [2.24, 2.45) is 0 Å². The standard InChI is InChI=1S/C17H15NO3S/c1-20-11-8-9-14-13(10-11)16(15(18-14)17(19)21-2)22-12-6-4-3-5-7-12/h3-10,18H,1-2H3. The summed E-state index contributed by atoms with van der Waals surface area (Å²) >= 11 is 1.53.